The molecule has 0 unspecified atom stereocenters. The summed E-state index contributed by atoms with van der Waals surface area (Å²) >= 11 is 0. The lowest BCUT2D eigenvalue weighted by atomic mass is 9.94. The fourth-order valence-electron chi connectivity index (χ4n) is 2.40. The predicted octanol–water partition coefficient (Wildman–Crippen LogP) is 0.108. The second kappa shape index (κ2) is 5.94. The van der Waals surface area contributed by atoms with Gasteiger partial charge in [-0.2, -0.15) is 0 Å². The Morgan fingerprint density at radius 2 is 1.95 bits per heavy atom. The molecule has 1 fully saturated rings. The van der Waals surface area contributed by atoms with Gasteiger partial charge in [0, 0.05) is 12.8 Å². The lowest BCUT2D eigenvalue weighted by Gasteiger charge is -2.36. The van der Waals surface area contributed by atoms with Crippen LogP contribution in [0.5, 0.6) is 11.5 Å². The number of benzene rings is 1. The molecule has 0 radical (unpaired) electrons. The summed E-state index contributed by atoms with van der Waals surface area (Å²) in [7, 11) is 0. The monoisotopic (exact) mass is 306 g/mol. The van der Waals surface area contributed by atoms with Crippen molar-refractivity contribution >= 4 is 11.8 Å². The van der Waals surface area contributed by atoms with Crippen molar-refractivity contribution < 1.29 is 23.8 Å². The van der Waals surface area contributed by atoms with E-state index in [1.165, 1.54) is 0 Å². The van der Waals surface area contributed by atoms with E-state index in [9.17, 15) is 9.59 Å². The number of carbonyl (C=O) groups is 2. The zero-order valence-electron chi connectivity index (χ0n) is 12.1. The maximum atomic E-state index is 11.8. The molecule has 7 nitrogen and oxygen atoms in total. The third kappa shape index (κ3) is 3.37. The Bertz CT molecular complexity index is 598. The maximum Gasteiger partial charge on any atom is 0.231 e. The molecule has 2 aliphatic heterocycles. The normalized spacial score (nSPS) is 17.7. The molecule has 1 aromatic rings. The van der Waals surface area contributed by atoms with Gasteiger partial charge in [-0.05, 0) is 24.1 Å². The molecule has 2 heterocycles. The number of aryl methyl sites for hydroxylation is 1. The van der Waals surface area contributed by atoms with Crippen LogP contribution in [0.3, 0.4) is 0 Å². The number of carbonyl (C=O) groups excluding carboxylic acids is 2. The third-order valence-electron chi connectivity index (χ3n) is 3.65. The van der Waals surface area contributed by atoms with Crippen molar-refractivity contribution in [3.63, 3.8) is 0 Å². The van der Waals surface area contributed by atoms with Crippen LogP contribution in [-0.4, -0.2) is 37.4 Å². The fraction of sp³-hybridized carbons (Fsp3) is 0.467. The van der Waals surface area contributed by atoms with Crippen LogP contribution in [0.25, 0.3) is 0 Å². The lowest BCUT2D eigenvalue weighted by molar-refractivity contribution is -0.134. The molecule has 2 amide bonds. The molecular formula is C15H18N2O5. The van der Waals surface area contributed by atoms with Gasteiger partial charge in [-0.3, -0.25) is 14.9 Å². The minimum atomic E-state index is -0.623. The average Bonchev–Trinajstić information content (AvgIpc) is 2.90. The topological polar surface area (TPSA) is 99.9 Å². The van der Waals surface area contributed by atoms with Crippen molar-refractivity contribution in [3.05, 3.63) is 23.8 Å². The predicted molar refractivity (Wildman–Crippen MR) is 76.4 cm³/mol. The molecule has 3 rings (SSSR count). The number of hydrogen-bond donors (Lipinski definition) is 2. The van der Waals surface area contributed by atoms with Crippen molar-refractivity contribution in [3.8, 4) is 11.5 Å². The number of imide groups is 1. The molecule has 22 heavy (non-hydrogen) atoms. The van der Waals surface area contributed by atoms with Crippen LogP contribution in [0.4, 0.5) is 0 Å². The molecule has 7 heteroatoms. The molecule has 118 valence electrons. The van der Waals surface area contributed by atoms with Crippen molar-refractivity contribution in [1.82, 2.24) is 5.32 Å². The van der Waals surface area contributed by atoms with E-state index in [0.29, 0.717) is 31.1 Å². The van der Waals surface area contributed by atoms with Crippen LogP contribution in [0.1, 0.15) is 18.4 Å². The second-order valence-corrected chi connectivity index (χ2v) is 5.69. The second-order valence-electron chi connectivity index (χ2n) is 5.69. The van der Waals surface area contributed by atoms with Crippen molar-refractivity contribution in [1.29, 1.82) is 0 Å². The Labute approximate surface area is 127 Å². The van der Waals surface area contributed by atoms with Crippen molar-refractivity contribution in [2.75, 3.05) is 20.0 Å². The Balaban J connectivity index is 1.45. The molecule has 0 aromatic heterocycles. The van der Waals surface area contributed by atoms with E-state index in [1.807, 2.05) is 18.2 Å². The standard InChI is InChI=1S/C15H18N2O5/c16-15(7-20-8-15)6-14(19)17-13(18)4-2-10-1-3-11-12(5-10)22-9-21-11/h1,3,5H,2,4,6-9,16H2,(H,17,18,19). The van der Waals surface area contributed by atoms with Crippen LogP contribution >= 0.6 is 0 Å². The molecule has 2 aliphatic rings. The first-order chi connectivity index (χ1) is 10.5. The number of ether oxygens (including phenoxy) is 3. The van der Waals surface area contributed by atoms with Crippen LogP contribution < -0.4 is 20.5 Å². The molecule has 0 spiro atoms. The molecule has 0 saturated carbocycles. The zero-order chi connectivity index (χ0) is 15.6. The largest absolute Gasteiger partial charge is 0.454 e. The SMILES string of the molecule is NC1(CC(=O)NC(=O)CCc2ccc3c(c2)OCO3)COC1. The van der Waals surface area contributed by atoms with E-state index in [2.05, 4.69) is 5.32 Å². The summed E-state index contributed by atoms with van der Waals surface area (Å²) in [6.07, 6.45) is 0.842. The zero-order valence-corrected chi connectivity index (χ0v) is 12.1. The van der Waals surface area contributed by atoms with Gasteiger partial charge in [0.05, 0.1) is 18.8 Å². The summed E-state index contributed by atoms with van der Waals surface area (Å²) in [5.41, 5.74) is 6.20. The lowest BCUT2D eigenvalue weighted by Crippen LogP contribution is -2.59. The van der Waals surface area contributed by atoms with Gasteiger partial charge in [-0.15, -0.1) is 0 Å². The van der Waals surface area contributed by atoms with Crippen LogP contribution in [0.15, 0.2) is 18.2 Å². The van der Waals surface area contributed by atoms with Gasteiger partial charge < -0.3 is 19.9 Å². The molecular weight excluding hydrogens is 288 g/mol. The van der Waals surface area contributed by atoms with E-state index >= 15 is 0 Å². The van der Waals surface area contributed by atoms with E-state index in [0.717, 1.165) is 5.56 Å². The number of rotatable bonds is 5. The van der Waals surface area contributed by atoms with Crippen LogP contribution in [0, 0.1) is 0 Å². The van der Waals surface area contributed by atoms with Crippen LogP contribution in [0.2, 0.25) is 0 Å². The first-order valence-electron chi connectivity index (χ1n) is 7.12. The van der Waals surface area contributed by atoms with E-state index in [4.69, 9.17) is 19.9 Å². The van der Waals surface area contributed by atoms with Gasteiger partial charge in [-0.1, -0.05) is 6.07 Å². The van der Waals surface area contributed by atoms with Gasteiger partial charge >= 0.3 is 0 Å². The van der Waals surface area contributed by atoms with E-state index < -0.39 is 5.54 Å². The van der Waals surface area contributed by atoms with Gasteiger partial charge in [-0.25, -0.2) is 0 Å². The molecule has 1 saturated heterocycles. The van der Waals surface area contributed by atoms with Crippen molar-refractivity contribution in [2.45, 2.75) is 24.8 Å². The molecule has 0 atom stereocenters. The molecule has 3 N–H and O–H groups in total. The Morgan fingerprint density at radius 1 is 1.18 bits per heavy atom. The maximum absolute atomic E-state index is 11.8. The molecule has 0 bridgehead atoms. The Kier molecular flexibility index (Phi) is 4.00. The van der Waals surface area contributed by atoms with E-state index in [1.54, 1.807) is 0 Å². The van der Waals surface area contributed by atoms with Gasteiger partial charge in [0.25, 0.3) is 0 Å². The fourth-order valence-corrected chi connectivity index (χ4v) is 2.40. The van der Waals surface area contributed by atoms with Crippen molar-refractivity contribution in [2.24, 2.45) is 5.73 Å². The van der Waals surface area contributed by atoms with Gasteiger partial charge in [0.1, 0.15) is 0 Å². The number of amides is 2. The molecule has 0 aliphatic carbocycles. The first-order valence-corrected chi connectivity index (χ1v) is 7.12. The highest BCUT2D eigenvalue weighted by atomic mass is 16.7. The minimum absolute atomic E-state index is 0.1000. The minimum Gasteiger partial charge on any atom is -0.454 e. The summed E-state index contributed by atoms with van der Waals surface area (Å²) in [6, 6.07) is 5.54. The quantitative estimate of drug-likeness (QED) is 0.801. The number of nitrogens with one attached hydrogen (secondary N) is 1. The molecule has 1 aromatic carbocycles. The van der Waals surface area contributed by atoms with Crippen LogP contribution in [-0.2, 0) is 20.7 Å². The Hall–Kier alpha value is -2.12. The smallest absolute Gasteiger partial charge is 0.231 e. The summed E-state index contributed by atoms with van der Waals surface area (Å²) in [4.78, 5) is 23.5. The summed E-state index contributed by atoms with van der Waals surface area (Å²) < 4.78 is 15.5. The average molecular weight is 306 g/mol. The highest BCUT2D eigenvalue weighted by Gasteiger charge is 2.36. The summed E-state index contributed by atoms with van der Waals surface area (Å²) in [5, 5.41) is 2.36. The van der Waals surface area contributed by atoms with Gasteiger partial charge in [0.15, 0.2) is 11.5 Å². The number of hydrogen-bond acceptors (Lipinski definition) is 6. The van der Waals surface area contributed by atoms with Gasteiger partial charge in [0.2, 0.25) is 18.6 Å². The number of fused-ring (bicyclic) bond motifs is 1. The highest BCUT2D eigenvalue weighted by molar-refractivity contribution is 5.95. The Morgan fingerprint density at radius 3 is 2.68 bits per heavy atom. The summed E-state index contributed by atoms with van der Waals surface area (Å²) in [6.45, 7) is 0.927. The highest BCUT2D eigenvalue weighted by Crippen LogP contribution is 2.32. The summed E-state index contributed by atoms with van der Waals surface area (Å²) in [5.74, 6) is 0.719. The number of nitrogens with two attached hydrogens (primary N) is 1. The first kappa shape index (κ1) is 14.8. The van der Waals surface area contributed by atoms with E-state index in [-0.39, 0.29) is 31.4 Å². The third-order valence-corrected chi connectivity index (χ3v) is 3.65.